The first-order valence-corrected chi connectivity index (χ1v) is 15.4. The lowest BCUT2D eigenvalue weighted by Gasteiger charge is -2.25. The van der Waals surface area contributed by atoms with E-state index in [0.717, 1.165) is 29.3 Å². The fourth-order valence-corrected chi connectivity index (χ4v) is 5.76. The zero-order valence-electron chi connectivity index (χ0n) is 23.0. The molecule has 0 aromatic heterocycles. The lowest BCUT2D eigenvalue weighted by molar-refractivity contribution is -0.139. The molecule has 1 heterocycles. The molecule has 1 fully saturated rings. The van der Waals surface area contributed by atoms with Crippen molar-refractivity contribution < 1.29 is 14.7 Å². The second-order valence-electron chi connectivity index (χ2n) is 10.5. The topological polar surface area (TPSA) is 57.6 Å². The predicted molar refractivity (Wildman–Crippen MR) is 160 cm³/mol. The van der Waals surface area contributed by atoms with Crippen molar-refractivity contribution in [3.8, 4) is 0 Å². The Hall–Kier alpha value is -2.40. The van der Waals surface area contributed by atoms with Crippen LogP contribution in [-0.4, -0.2) is 28.2 Å². The van der Waals surface area contributed by atoms with Crippen LogP contribution in [0.15, 0.2) is 64.6 Å². The van der Waals surface area contributed by atoms with Crippen LogP contribution in [0.2, 0.25) is 0 Å². The maximum atomic E-state index is 13.1. The number of aliphatic hydroxyl groups excluding tert-OH is 1. The van der Waals surface area contributed by atoms with E-state index >= 15 is 0 Å². The smallest absolute Gasteiger partial charge is 0.295 e. The second kappa shape index (κ2) is 16.5. The lowest BCUT2D eigenvalue weighted by Crippen LogP contribution is -2.30. The van der Waals surface area contributed by atoms with E-state index in [1.165, 1.54) is 70.6 Å². The number of carbonyl (C=O) groups excluding carboxylic acids is 2. The molecule has 2 aromatic rings. The molecular weight excluding hydrogens is 538 g/mol. The first kappa shape index (κ1) is 30.1. The number of Topliss-reactive ketones (excluding diaryl/α,β-unsaturated/α-hetero) is 1. The van der Waals surface area contributed by atoms with Crippen LogP contribution in [0, 0.1) is 0 Å². The first-order valence-electron chi connectivity index (χ1n) is 14.6. The molecule has 206 valence electrons. The van der Waals surface area contributed by atoms with E-state index < -0.39 is 17.7 Å². The van der Waals surface area contributed by atoms with Crippen molar-refractivity contribution in [2.75, 3.05) is 6.54 Å². The van der Waals surface area contributed by atoms with E-state index in [4.69, 9.17) is 0 Å². The van der Waals surface area contributed by atoms with E-state index in [1.54, 1.807) is 23.1 Å². The van der Waals surface area contributed by atoms with Crippen LogP contribution in [0.25, 0.3) is 5.76 Å². The normalized spacial score (nSPS) is 16.9. The number of benzene rings is 2. The molecule has 4 nitrogen and oxygen atoms in total. The Kier molecular flexibility index (Phi) is 13.1. The van der Waals surface area contributed by atoms with E-state index in [1.807, 2.05) is 36.4 Å². The monoisotopic (exact) mass is 581 g/mol. The average molecular weight is 583 g/mol. The van der Waals surface area contributed by atoms with Gasteiger partial charge in [-0.25, -0.2) is 0 Å². The minimum absolute atomic E-state index is 0.123. The fourth-order valence-electron chi connectivity index (χ4n) is 5.36. The summed E-state index contributed by atoms with van der Waals surface area (Å²) in [5, 5.41) is 11.1. The van der Waals surface area contributed by atoms with E-state index in [9.17, 15) is 14.7 Å². The van der Waals surface area contributed by atoms with Crippen LogP contribution in [0.5, 0.6) is 0 Å². The van der Waals surface area contributed by atoms with Gasteiger partial charge in [0.2, 0.25) is 0 Å². The Bertz CT molecular complexity index is 1050. The van der Waals surface area contributed by atoms with Crippen LogP contribution in [0.1, 0.15) is 114 Å². The number of nitrogens with zero attached hydrogens (tertiary/aromatic N) is 1. The van der Waals surface area contributed by atoms with Crippen molar-refractivity contribution in [1.29, 1.82) is 0 Å². The van der Waals surface area contributed by atoms with E-state index in [-0.39, 0.29) is 11.3 Å². The number of aliphatic hydroxyl groups is 1. The van der Waals surface area contributed by atoms with Crippen LogP contribution in [-0.2, 0) is 9.59 Å². The summed E-state index contributed by atoms with van der Waals surface area (Å²) >= 11 is 3.43. The third-order valence-electron chi connectivity index (χ3n) is 7.51. The Morgan fingerprint density at radius 3 is 1.87 bits per heavy atom. The highest BCUT2D eigenvalue weighted by Gasteiger charge is 2.45. The third kappa shape index (κ3) is 8.83. The lowest BCUT2D eigenvalue weighted by atomic mass is 9.95. The van der Waals surface area contributed by atoms with Crippen LogP contribution >= 0.6 is 15.9 Å². The number of halogens is 1. The summed E-state index contributed by atoms with van der Waals surface area (Å²) in [6, 6.07) is 16.2. The highest BCUT2D eigenvalue weighted by Crippen LogP contribution is 2.39. The summed E-state index contributed by atoms with van der Waals surface area (Å²) in [6.45, 7) is 2.77. The Balaban J connectivity index is 1.50. The van der Waals surface area contributed by atoms with Gasteiger partial charge in [-0.2, -0.15) is 0 Å². The Morgan fingerprint density at radius 2 is 1.32 bits per heavy atom. The third-order valence-corrected chi connectivity index (χ3v) is 8.00. The minimum atomic E-state index is -0.610. The number of hydrogen-bond donors (Lipinski definition) is 1. The molecular formula is C33H44BrNO3. The largest absolute Gasteiger partial charge is 0.507 e. The molecule has 1 amide bonds. The van der Waals surface area contributed by atoms with Crippen molar-refractivity contribution in [3.05, 3.63) is 75.8 Å². The predicted octanol–water partition coefficient (Wildman–Crippen LogP) is 9.35. The van der Waals surface area contributed by atoms with Crippen LogP contribution in [0.3, 0.4) is 0 Å². The van der Waals surface area contributed by atoms with Gasteiger partial charge in [0, 0.05) is 16.6 Å². The maximum Gasteiger partial charge on any atom is 0.295 e. The average Bonchev–Trinajstić information content (AvgIpc) is 3.18. The molecule has 0 saturated carbocycles. The SMILES string of the molecule is CCCCCCCCCCCCCCCCN1C(=O)C(=O)/C(=C(/O)c2cccc(Br)c2)[C@@H]1c1ccccc1. The van der Waals surface area contributed by atoms with Crippen molar-refractivity contribution in [3.63, 3.8) is 0 Å². The number of carbonyl (C=O) groups is 2. The molecule has 1 atom stereocenters. The van der Waals surface area contributed by atoms with Gasteiger partial charge in [-0.15, -0.1) is 0 Å². The second-order valence-corrected chi connectivity index (χ2v) is 11.4. The quantitative estimate of drug-likeness (QED) is 0.0875. The van der Waals surface area contributed by atoms with Gasteiger partial charge in [0.15, 0.2) is 0 Å². The maximum absolute atomic E-state index is 13.1. The summed E-state index contributed by atoms with van der Waals surface area (Å²) in [4.78, 5) is 27.9. The standard InChI is InChI=1S/C33H44BrNO3/c1-2-3-4-5-6-7-8-9-10-11-12-13-14-18-24-35-30(26-20-16-15-17-21-26)29(32(37)33(35)38)31(36)27-22-19-23-28(34)25-27/h15-17,19-23,25,30,36H,2-14,18,24H2,1H3/b31-29+/t30-/m0/s1. The van der Waals surface area contributed by atoms with Crippen molar-refractivity contribution >= 4 is 33.4 Å². The first-order chi connectivity index (χ1) is 18.5. The number of rotatable bonds is 17. The number of likely N-dealkylation sites (tertiary alicyclic amines) is 1. The molecule has 1 saturated heterocycles. The molecule has 0 spiro atoms. The van der Waals surface area contributed by atoms with Gasteiger partial charge >= 0.3 is 0 Å². The number of unbranched alkanes of at least 4 members (excludes halogenated alkanes) is 13. The van der Waals surface area contributed by atoms with Gasteiger partial charge in [0.05, 0.1) is 11.6 Å². The van der Waals surface area contributed by atoms with Gasteiger partial charge in [-0.05, 0) is 24.1 Å². The molecule has 0 bridgehead atoms. The molecule has 1 N–H and O–H groups in total. The Labute approximate surface area is 237 Å². The fraction of sp³-hybridized carbons (Fsp3) is 0.515. The van der Waals surface area contributed by atoms with Gasteiger partial charge in [-0.3, -0.25) is 9.59 Å². The summed E-state index contributed by atoms with van der Waals surface area (Å²) < 4.78 is 0.800. The van der Waals surface area contributed by atoms with E-state index in [0.29, 0.717) is 12.1 Å². The molecule has 5 heteroatoms. The van der Waals surface area contributed by atoms with Gasteiger partial charge in [0.1, 0.15) is 5.76 Å². The zero-order valence-corrected chi connectivity index (χ0v) is 24.6. The van der Waals surface area contributed by atoms with Gasteiger partial charge in [-0.1, -0.05) is 149 Å². The molecule has 2 aromatic carbocycles. The van der Waals surface area contributed by atoms with Crippen molar-refractivity contribution in [2.24, 2.45) is 0 Å². The molecule has 0 aliphatic carbocycles. The minimum Gasteiger partial charge on any atom is -0.507 e. The highest BCUT2D eigenvalue weighted by molar-refractivity contribution is 9.10. The number of ketones is 1. The summed E-state index contributed by atoms with van der Waals surface area (Å²) in [7, 11) is 0. The van der Waals surface area contributed by atoms with Gasteiger partial charge in [0.25, 0.3) is 11.7 Å². The Morgan fingerprint density at radius 1 is 0.763 bits per heavy atom. The molecule has 3 rings (SSSR count). The van der Waals surface area contributed by atoms with Crippen molar-refractivity contribution in [2.45, 2.75) is 103 Å². The van der Waals surface area contributed by atoms with Crippen LogP contribution < -0.4 is 0 Å². The molecule has 0 unspecified atom stereocenters. The summed E-state index contributed by atoms with van der Waals surface area (Å²) in [5.74, 6) is -1.26. The molecule has 1 aliphatic rings. The van der Waals surface area contributed by atoms with Gasteiger partial charge < -0.3 is 10.0 Å². The summed E-state index contributed by atoms with van der Waals surface area (Å²) in [5.41, 5.74) is 1.54. The number of hydrogen-bond acceptors (Lipinski definition) is 3. The molecule has 0 radical (unpaired) electrons. The van der Waals surface area contributed by atoms with Crippen LogP contribution in [0.4, 0.5) is 0 Å². The van der Waals surface area contributed by atoms with E-state index in [2.05, 4.69) is 22.9 Å². The zero-order chi connectivity index (χ0) is 27.2. The highest BCUT2D eigenvalue weighted by atomic mass is 79.9. The summed E-state index contributed by atoms with van der Waals surface area (Å²) in [6.07, 6.45) is 17.8. The number of amides is 1. The van der Waals surface area contributed by atoms with Crippen molar-refractivity contribution in [1.82, 2.24) is 4.90 Å². The molecule has 1 aliphatic heterocycles. The molecule has 38 heavy (non-hydrogen) atoms.